The minimum Gasteiger partial charge on any atom is -0.489 e. The van der Waals surface area contributed by atoms with E-state index in [-0.39, 0.29) is 6.04 Å². The zero-order valence-electron chi connectivity index (χ0n) is 10.5. The number of aryl methyl sites for hydroxylation is 1. The Labute approximate surface area is 117 Å². The van der Waals surface area contributed by atoms with Crippen LogP contribution in [0.25, 0.3) is 0 Å². The van der Waals surface area contributed by atoms with E-state index < -0.39 is 0 Å². The van der Waals surface area contributed by atoms with Crippen LogP contribution >= 0.6 is 11.6 Å². The van der Waals surface area contributed by atoms with Crippen LogP contribution in [0.2, 0.25) is 5.02 Å². The summed E-state index contributed by atoms with van der Waals surface area (Å²) in [5.74, 6) is 0.862. The summed E-state index contributed by atoms with van der Waals surface area (Å²) in [7, 11) is 0. The summed E-state index contributed by atoms with van der Waals surface area (Å²) in [5.41, 5.74) is 9.50. The van der Waals surface area contributed by atoms with Crippen molar-refractivity contribution in [2.24, 2.45) is 5.73 Å². The average Bonchev–Trinajstić information content (AvgIpc) is 2.79. The van der Waals surface area contributed by atoms with E-state index in [1.807, 2.05) is 12.1 Å². The number of benzene rings is 1. The molecule has 0 spiro atoms. The van der Waals surface area contributed by atoms with Gasteiger partial charge < -0.3 is 10.5 Å². The zero-order valence-corrected chi connectivity index (χ0v) is 11.2. The number of ether oxygens (including phenoxy) is 1. The molecule has 0 fully saturated rings. The fourth-order valence-corrected chi connectivity index (χ4v) is 2.57. The summed E-state index contributed by atoms with van der Waals surface area (Å²) in [6.07, 6.45) is 5.40. The van der Waals surface area contributed by atoms with Crippen molar-refractivity contribution in [3.63, 3.8) is 0 Å². The van der Waals surface area contributed by atoms with Crippen LogP contribution in [0.4, 0.5) is 0 Å². The molecule has 98 valence electrons. The molecular weight excluding hydrogens is 260 g/mol. The molecule has 2 N–H and O–H groups in total. The van der Waals surface area contributed by atoms with Gasteiger partial charge in [0.25, 0.3) is 0 Å². The predicted molar refractivity (Wildman–Crippen MR) is 75.3 cm³/mol. The molecule has 19 heavy (non-hydrogen) atoms. The van der Waals surface area contributed by atoms with Crippen LogP contribution < -0.4 is 10.5 Å². The molecule has 0 radical (unpaired) electrons. The van der Waals surface area contributed by atoms with Crippen LogP contribution in [0, 0.1) is 0 Å². The fraction of sp³-hybridized carbons (Fsp3) is 0.267. The van der Waals surface area contributed by atoms with E-state index in [1.54, 1.807) is 12.4 Å². The third kappa shape index (κ3) is 2.57. The molecule has 1 heterocycles. The van der Waals surface area contributed by atoms with Gasteiger partial charge >= 0.3 is 0 Å². The molecule has 3 nitrogen and oxygen atoms in total. The molecular formula is C15H15ClN2O. The molecule has 4 heteroatoms. The lowest BCUT2D eigenvalue weighted by atomic mass is 10.1. The van der Waals surface area contributed by atoms with Crippen LogP contribution in [0.5, 0.6) is 5.75 Å². The zero-order chi connectivity index (χ0) is 13.2. The highest BCUT2D eigenvalue weighted by atomic mass is 35.5. The van der Waals surface area contributed by atoms with Gasteiger partial charge in [0, 0.05) is 24.0 Å². The quantitative estimate of drug-likeness (QED) is 0.934. The van der Waals surface area contributed by atoms with Gasteiger partial charge in [0.05, 0.1) is 5.02 Å². The average molecular weight is 275 g/mol. The smallest absolute Gasteiger partial charge is 0.120 e. The Kier molecular flexibility index (Phi) is 3.40. The van der Waals surface area contributed by atoms with Crippen molar-refractivity contribution in [3.05, 3.63) is 58.4 Å². The number of nitrogens with two attached hydrogens (primary N) is 1. The van der Waals surface area contributed by atoms with Gasteiger partial charge in [0.2, 0.25) is 0 Å². The molecule has 3 rings (SSSR count). The highest BCUT2D eigenvalue weighted by Crippen LogP contribution is 2.32. The number of rotatable bonds is 3. The SMILES string of the molecule is N[C@H]1CCc2cc(OCc3ccncc3Cl)ccc21. The Morgan fingerprint density at radius 2 is 2.26 bits per heavy atom. The summed E-state index contributed by atoms with van der Waals surface area (Å²) >= 11 is 6.04. The van der Waals surface area contributed by atoms with E-state index in [0.717, 1.165) is 24.2 Å². The first-order valence-corrected chi connectivity index (χ1v) is 6.71. The van der Waals surface area contributed by atoms with Crippen molar-refractivity contribution in [2.75, 3.05) is 0 Å². The van der Waals surface area contributed by atoms with Crippen molar-refractivity contribution >= 4 is 11.6 Å². The van der Waals surface area contributed by atoms with Gasteiger partial charge in [-0.15, -0.1) is 0 Å². The number of hydrogen-bond acceptors (Lipinski definition) is 3. The lowest BCUT2D eigenvalue weighted by molar-refractivity contribution is 0.306. The van der Waals surface area contributed by atoms with Gasteiger partial charge in [-0.3, -0.25) is 4.98 Å². The molecule has 1 atom stereocenters. The molecule has 0 amide bonds. The highest BCUT2D eigenvalue weighted by molar-refractivity contribution is 6.31. The number of pyridine rings is 1. The highest BCUT2D eigenvalue weighted by Gasteiger charge is 2.19. The maximum Gasteiger partial charge on any atom is 0.120 e. The Morgan fingerprint density at radius 1 is 1.37 bits per heavy atom. The largest absolute Gasteiger partial charge is 0.489 e. The summed E-state index contributed by atoms with van der Waals surface area (Å²) in [6, 6.07) is 8.16. The van der Waals surface area contributed by atoms with Crippen LogP contribution in [0.1, 0.15) is 29.2 Å². The monoisotopic (exact) mass is 274 g/mol. The Bertz CT molecular complexity index is 600. The second-order valence-corrected chi connectivity index (χ2v) is 5.17. The van der Waals surface area contributed by atoms with Crippen molar-refractivity contribution in [1.82, 2.24) is 4.98 Å². The summed E-state index contributed by atoms with van der Waals surface area (Å²) < 4.78 is 5.78. The van der Waals surface area contributed by atoms with Gasteiger partial charge in [-0.25, -0.2) is 0 Å². The number of fused-ring (bicyclic) bond motifs is 1. The first kappa shape index (κ1) is 12.5. The lowest BCUT2D eigenvalue weighted by Gasteiger charge is -2.10. The maximum atomic E-state index is 6.04. The third-order valence-corrected chi connectivity index (χ3v) is 3.83. The molecule has 1 aromatic carbocycles. The standard InChI is InChI=1S/C15H15ClN2O/c16-14-8-18-6-5-11(14)9-19-12-2-3-13-10(7-12)1-4-15(13)17/h2-3,5-8,15H,1,4,9,17H2/t15-/m0/s1. The molecule has 0 bridgehead atoms. The third-order valence-electron chi connectivity index (χ3n) is 3.49. The molecule has 1 aliphatic rings. The summed E-state index contributed by atoms with van der Waals surface area (Å²) in [6.45, 7) is 0.451. The minimum absolute atomic E-state index is 0.179. The van der Waals surface area contributed by atoms with Gasteiger partial charge in [-0.1, -0.05) is 17.7 Å². The molecule has 1 aliphatic carbocycles. The molecule has 0 unspecified atom stereocenters. The topological polar surface area (TPSA) is 48.1 Å². The van der Waals surface area contributed by atoms with Gasteiger partial charge in [-0.05, 0) is 42.2 Å². The second kappa shape index (κ2) is 5.19. The van der Waals surface area contributed by atoms with Crippen LogP contribution in [-0.2, 0) is 13.0 Å². The molecule has 1 aromatic heterocycles. The number of aromatic nitrogens is 1. The number of halogens is 1. The normalized spacial score (nSPS) is 17.3. The second-order valence-electron chi connectivity index (χ2n) is 4.76. The Balaban J connectivity index is 1.73. The minimum atomic E-state index is 0.179. The van der Waals surface area contributed by atoms with E-state index >= 15 is 0 Å². The molecule has 0 aliphatic heterocycles. The first-order valence-electron chi connectivity index (χ1n) is 6.33. The summed E-state index contributed by atoms with van der Waals surface area (Å²) in [5, 5.41) is 0.630. The predicted octanol–water partition coefficient (Wildman–Crippen LogP) is 3.26. The molecule has 0 saturated heterocycles. The van der Waals surface area contributed by atoms with E-state index in [1.165, 1.54) is 11.1 Å². The fourth-order valence-electron chi connectivity index (χ4n) is 2.40. The van der Waals surface area contributed by atoms with Crippen molar-refractivity contribution < 1.29 is 4.74 Å². The number of hydrogen-bond donors (Lipinski definition) is 1. The Hall–Kier alpha value is -1.58. The van der Waals surface area contributed by atoms with Crippen LogP contribution in [-0.4, -0.2) is 4.98 Å². The van der Waals surface area contributed by atoms with E-state index in [4.69, 9.17) is 22.1 Å². The first-order chi connectivity index (χ1) is 9.24. The Morgan fingerprint density at radius 3 is 3.11 bits per heavy atom. The van der Waals surface area contributed by atoms with Gasteiger partial charge in [0.1, 0.15) is 12.4 Å². The van der Waals surface area contributed by atoms with Gasteiger partial charge in [0.15, 0.2) is 0 Å². The van der Waals surface area contributed by atoms with E-state index in [0.29, 0.717) is 11.6 Å². The van der Waals surface area contributed by atoms with Crippen LogP contribution in [0.15, 0.2) is 36.7 Å². The van der Waals surface area contributed by atoms with Gasteiger partial charge in [-0.2, -0.15) is 0 Å². The maximum absolute atomic E-state index is 6.04. The van der Waals surface area contributed by atoms with E-state index in [2.05, 4.69) is 17.1 Å². The molecule has 0 saturated carbocycles. The number of nitrogens with zero attached hydrogens (tertiary/aromatic N) is 1. The van der Waals surface area contributed by atoms with Crippen LogP contribution in [0.3, 0.4) is 0 Å². The molecule has 2 aromatic rings. The summed E-state index contributed by atoms with van der Waals surface area (Å²) in [4.78, 5) is 3.95. The lowest BCUT2D eigenvalue weighted by Crippen LogP contribution is -2.05. The van der Waals surface area contributed by atoms with E-state index in [9.17, 15) is 0 Å². The van der Waals surface area contributed by atoms with Crippen molar-refractivity contribution in [3.8, 4) is 5.75 Å². The van der Waals surface area contributed by atoms with Crippen molar-refractivity contribution in [1.29, 1.82) is 0 Å². The van der Waals surface area contributed by atoms with Crippen molar-refractivity contribution in [2.45, 2.75) is 25.5 Å².